The number of allylic oxidation sites excluding steroid dienone is 1. The molecule has 0 bridgehead atoms. The molecule has 0 unspecified atom stereocenters. The lowest BCUT2D eigenvalue weighted by molar-refractivity contribution is 0.168. The Morgan fingerprint density at radius 1 is 0.900 bits per heavy atom. The molecule has 0 aromatic carbocycles. The standard InChI is InChI=1S/C13H23N.C4H8.C2H6/c1-4-10-14(11-5-2)13-8-6-12(3)7-9-13;1-3-4-2;1-2/h4-5,12-13H,1-2,6-11H2,3H3;3H,1,4H2,2H3;1-2H3. The van der Waals surface area contributed by atoms with Gasteiger partial charge in [0, 0.05) is 19.1 Å². The Morgan fingerprint density at radius 3 is 1.60 bits per heavy atom. The van der Waals surface area contributed by atoms with Gasteiger partial charge in [0.1, 0.15) is 0 Å². The van der Waals surface area contributed by atoms with Crippen LogP contribution < -0.4 is 0 Å². The second kappa shape index (κ2) is 16.2. The zero-order chi connectivity index (χ0) is 15.8. The molecular weight excluding hydrogens is 242 g/mol. The molecule has 1 aliphatic carbocycles. The Morgan fingerprint density at radius 2 is 1.30 bits per heavy atom. The molecule has 1 fully saturated rings. The van der Waals surface area contributed by atoms with Gasteiger partial charge in [0.25, 0.3) is 0 Å². The van der Waals surface area contributed by atoms with E-state index in [2.05, 4.69) is 38.5 Å². The summed E-state index contributed by atoms with van der Waals surface area (Å²) in [6, 6.07) is 0.766. The van der Waals surface area contributed by atoms with E-state index in [1.807, 2.05) is 32.1 Å². The molecule has 118 valence electrons. The first-order valence-corrected chi connectivity index (χ1v) is 8.26. The number of nitrogens with zero attached hydrogens (tertiary/aromatic N) is 1. The zero-order valence-electron chi connectivity index (χ0n) is 14.4. The summed E-state index contributed by atoms with van der Waals surface area (Å²) in [4.78, 5) is 2.49. The van der Waals surface area contributed by atoms with Crippen LogP contribution in [0.15, 0.2) is 38.0 Å². The normalized spacial score (nSPS) is 20.9. The Bertz CT molecular complexity index is 214. The Labute approximate surface area is 128 Å². The highest BCUT2D eigenvalue weighted by molar-refractivity contribution is 4.86. The molecule has 0 aromatic heterocycles. The highest BCUT2D eigenvalue weighted by Gasteiger charge is 2.22. The Hall–Kier alpha value is -0.820. The first kappa shape index (κ1) is 21.5. The summed E-state index contributed by atoms with van der Waals surface area (Å²) >= 11 is 0. The van der Waals surface area contributed by atoms with Gasteiger partial charge < -0.3 is 0 Å². The van der Waals surface area contributed by atoms with E-state index in [1.54, 1.807) is 0 Å². The van der Waals surface area contributed by atoms with E-state index in [1.165, 1.54) is 25.7 Å². The van der Waals surface area contributed by atoms with Gasteiger partial charge in [-0.1, -0.05) is 45.9 Å². The minimum absolute atomic E-state index is 0.766. The van der Waals surface area contributed by atoms with Gasteiger partial charge in [-0.2, -0.15) is 0 Å². The SMILES string of the molecule is C=CCC.C=CCN(CC=C)C1CCC(C)CC1.CC. The highest BCUT2D eigenvalue weighted by Crippen LogP contribution is 2.26. The molecule has 0 amide bonds. The molecule has 20 heavy (non-hydrogen) atoms. The molecule has 0 aromatic rings. The Balaban J connectivity index is 0. The topological polar surface area (TPSA) is 3.24 Å². The number of hydrogen-bond donors (Lipinski definition) is 0. The van der Waals surface area contributed by atoms with E-state index in [0.717, 1.165) is 31.5 Å². The second-order valence-electron chi connectivity index (χ2n) is 5.14. The van der Waals surface area contributed by atoms with Crippen LogP contribution in [0.2, 0.25) is 0 Å². The van der Waals surface area contributed by atoms with Gasteiger partial charge in [0.05, 0.1) is 0 Å². The van der Waals surface area contributed by atoms with Crippen molar-refractivity contribution in [2.45, 2.75) is 65.8 Å². The summed E-state index contributed by atoms with van der Waals surface area (Å²) in [5, 5.41) is 0. The lowest BCUT2D eigenvalue weighted by atomic mass is 9.86. The summed E-state index contributed by atoms with van der Waals surface area (Å²) < 4.78 is 0. The molecule has 1 saturated carbocycles. The molecule has 1 aliphatic rings. The lowest BCUT2D eigenvalue weighted by Crippen LogP contribution is -2.38. The van der Waals surface area contributed by atoms with Crippen molar-refractivity contribution >= 4 is 0 Å². The maximum atomic E-state index is 3.82. The van der Waals surface area contributed by atoms with Crippen LogP contribution in [0.5, 0.6) is 0 Å². The summed E-state index contributed by atoms with van der Waals surface area (Å²) in [5.41, 5.74) is 0. The third kappa shape index (κ3) is 11.0. The van der Waals surface area contributed by atoms with Gasteiger partial charge >= 0.3 is 0 Å². The second-order valence-corrected chi connectivity index (χ2v) is 5.14. The molecule has 0 saturated heterocycles. The van der Waals surface area contributed by atoms with Gasteiger partial charge in [0.15, 0.2) is 0 Å². The van der Waals surface area contributed by atoms with Crippen molar-refractivity contribution in [2.75, 3.05) is 13.1 Å². The zero-order valence-corrected chi connectivity index (χ0v) is 14.4. The van der Waals surface area contributed by atoms with Crippen LogP contribution in [0, 0.1) is 5.92 Å². The Kier molecular flexibility index (Phi) is 17.4. The minimum Gasteiger partial charge on any atom is -0.293 e. The van der Waals surface area contributed by atoms with Crippen molar-refractivity contribution in [1.29, 1.82) is 0 Å². The van der Waals surface area contributed by atoms with Crippen LogP contribution in [-0.2, 0) is 0 Å². The fourth-order valence-corrected chi connectivity index (χ4v) is 2.31. The van der Waals surface area contributed by atoms with Crippen molar-refractivity contribution in [3.63, 3.8) is 0 Å². The third-order valence-electron chi connectivity index (χ3n) is 3.52. The predicted octanol–water partition coefficient (Wildman–Crippen LogP) is 5.85. The van der Waals surface area contributed by atoms with Crippen molar-refractivity contribution in [3.05, 3.63) is 38.0 Å². The maximum Gasteiger partial charge on any atom is 0.0166 e. The largest absolute Gasteiger partial charge is 0.293 e. The number of hydrogen-bond acceptors (Lipinski definition) is 1. The summed E-state index contributed by atoms with van der Waals surface area (Å²) in [6.45, 7) is 21.5. The van der Waals surface area contributed by atoms with Crippen LogP contribution in [0.4, 0.5) is 0 Å². The smallest absolute Gasteiger partial charge is 0.0166 e. The van der Waals surface area contributed by atoms with Crippen LogP contribution in [0.1, 0.15) is 59.8 Å². The van der Waals surface area contributed by atoms with Crippen LogP contribution in [0.25, 0.3) is 0 Å². The molecule has 0 N–H and O–H groups in total. The highest BCUT2D eigenvalue weighted by atomic mass is 15.1. The van der Waals surface area contributed by atoms with E-state index < -0.39 is 0 Å². The predicted molar refractivity (Wildman–Crippen MR) is 95.2 cm³/mol. The molecule has 0 aliphatic heterocycles. The monoisotopic (exact) mass is 279 g/mol. The average Bonchev–Trinajstić information content (AvgIpc) is 2.50. The van der Waals surface area contributed by atoms with Gasteiger partial charge in [-0.15, -0.1) is 19.7 Å². The van der Waals surface area contributed by atoms with Crippen LogP contribution in [0.3, 0.4) is 0 Å². The van der Waals surface area contributed by atoms with E-state index in [0.29, 0.717) is 0 Å². The van der Waals surface area contributed by atoms with Crippen LogP contribution in [-0.4, -0.2) is 24.0 Å². The molecule has 0 spiro atoms. The third-order valence-corrected chi connectivity index (χ3v) is 3.52. The van der Waals surface area contributed by atoms with E-state index in [9.17, 15) is 0 Å². The quantitative estimate of drug-likeness (QED) is 0.551. The van der Waals surface area contributed by atoms with Gasteiger partial charge in [-0.25, -0.2) is 0 Å². The molecular formula is C19H37N. The summed E-state index contributed by atoms with van der Waals surface area (Å²) in [7, 11) is 0. The van der Waals surface area contributed by atoms with E-state index >= 15 is 0 Å². The van der Waals surface area contributed by atoms with Gasteiger partial charge in [-0.3, -0.25) is 4.90 Å². The van der Waals surface area contributed by atoms with Crippen molar-refractivity contribution in [1.82, 2.24) is 4.90 Å². The molecule has 0 heterocycles. The maximum absolute atomic E-state index is 3.82. The molecule has 1 nitrogen and oxygen atoms in total. The fourth-order valence-electron chi connectivity index (χ4n) is 2.31. The first-order valence-electron chi connectivity index (χ1n) is 8.26. The molecule has 1 heteroatoms. The first-order chi connectivity index (χ1) is 9.69. The van der Waals surface area contributed by atoms with E-state index in [4.69, 9.17) is 0 Å². The summed E-state index contributed by atoms with van der Waals surface area (Å²) in [6.07, 6.45) is 12.4. The minimum atomic E-state index is 0.766. The van der Waals surface area contributed by atoms with Crippen molar-refractivity contribution < 1.29 is 0 Å². The van der Waals surface area contributed by atoms with Crippen molar-refractivity contribution in [2.24, 2.45) is 5.92 Å². The van der Waals surface area contributed by atoms with Gasteiger partial charge in [0.2, 0.25) is 0 Å². The molecule has 0 atom stereocenters. The van der Waals surface area contributed by atoms with Crippen LogP contribution >= 0.6 is 0 Å². The molecule has 0 radical (unpaired) electrons. The van der Waals surface area contributed by atoms with Gasteiger partial charge in [-0.05, 0) is 38.0 Å². The molecule has 1 rings (SSSR count). The lowest BCUT2D eigenvalue weighted by Gasteiger charge is -2.34. The summed E-state index contributed by atoms with van der Waals surface area (Å²) in [5.74, 6) is 0.931. The van der Waals surface area contributed by atoms with E-state index in [-0.39, 0.29) is 0 Å². The average molecular weight is 280 g/mol. The number of rotatable bonds is 6. The fraction of sp³-hybridized carbons (Fsp3) is 0.684. The van der Waals surface area contributed by atoms with Crippen molar-refractivity contribution in [3.8, 4) is 0 Å².